The first-order chi connectivity index (χ1) is 23.1. The van der Waals surface area contributed by atoms with Gasteiger partial charge in [0.1, 0.15) is 8.07 Å². The van der Waals surface area contributed by atoms with Crippen molar-refractivity contribution < 1.29 is 0 Å². The fourth-order valence-corrected chi connectivity index (χ4v) is 12.2. The quantitative estimate of drug-likeness (QED) is 0.181. The number of hydrogen-bond donors (Lipinski definition) is 0. The van der Waals surface area contributed by atoms with Crippen molar-refractivity contribution in [1.82, 2.24) is 14.5 Å². The van der Waals surface area contributed by atoms with E-state index in [4.69, 9.17) is 9.97 Å². The highest BCUT2D eigenvalue weighted by molar-refractivity contribution is 7.26. The third-order valence-electron chi connectivity index (χ3n) is 10.00. The minimum atomic E-state index is -1.99. The molecule has 47 heavy (non-hydrogen) atoms. The largest absolute Gasteiger partial charge is 0.309 e. The Kier molecular flexibility index (Phi) is 5.60. The zero-order valence-electron chi connectivity index (χ0n) is 26.0. The fraction of sp³-hybridized carbons (Fsp3) is 0.0476. The molecule has 0 bridgehead atoms. The van der Waals surface area contributed by atoms with Crippen LogP contribution in [0.1, 0.15) is 0 Å². The standard InChI is InChI=1S/C42H29N3SSi/c1-47(2)36-19-11-8-16-32(36)39-41(47)38(26-12-4-3-5-13-26)43-42(44-39)27-20-22-28(23-21-27)45-33-17-9-6-14-29(33)30-24-25-35-37(40(30)45)31-15-7-10-18-34(31)46-35/h3-25H,1-2H3. The van der Waals surface area contributed by atoms with Crippen LogP contribution in [0.2, 0.25) is 13.1 Å². The van der Waals surface area contributed by atoms with Crippen molar-refractivity contribution >= 4 is 71.8 Å². The number of fused-ring (bicyclic) bond motifs is 10. The van der Waals surface area contributed by atoms with Gasteiger partial charge < -0.3 is 4.57 Å². The maximum Gasteiger partial charge on any atom is 0.160 e. The Hall–Kier alpha value is -5.36. The van der Waals surface area contributed by atoms with Crippen molar-refractivity contribution in [2.45, 2.75) is 13.1 Å². The van der Waals surface area contributed by atoms with E-state index in [0.717, 1.165) is 34.0 Å². The summed E-state index contributed by atoms with van der Waals surface area (Å²) in [6, 6.07) is 50.5. The maximum absolute atomic E-state index is 5.34. The van der Waals surface area contributed by atoms with E-state index in [-0.39, 0.29) is 0 Å². The van der Waals surface area contributed by atoms with Crippen LogP contribution in [0.25, 0.3) is 81.6 Å². The second-order valence-corrected chi connectivity index (χ2v) is 18.4. The number of aromatic nitrogens is 3. The zero-order valence-corrected chi connectivity index (χ0v) is 27.8. The van der Waals surface area contributed by atoms with E-state index in [1.165, 1.54) is 57.9 Å². The summed E-state index contributed by atoms with van der Waals surface area (Å²) < 4.78 is 5.07. The Morgan fingerprint density at radius 3 is 2.11 bits per heavy atom. The minimum absolute atomic E-state index is 0.768. The minimum Gasteiger partial charge on any atom is -0.309 e. The Balaban J connectivity index is 1.20. The molecule has 10 rings (SSSR count). The Labute approximate surface area is 277 Å². The van der Waals surface area contributed by atoms with E-state index >= 15 is 0 Å². The summed E-state index contributed by atoms with van der Waals surface area (Å²) in [5, 5.41) is 7.95. The Bertz CT molecular complexity index is 2700. The van der Waals surface area contributed by atoms with E-state index < -0.39 is 8.07 Å². The highest BCUT2D eigenvalue weighted by Crippen LogP contribution is 2.43. The van der Waals surface area contributed by atoms with Crippen molar-refractivity contribution in [2.75, 3.05) is 0 Å². The SMILES string of the molecule is C[Si]1(C)c2ccccc2-c2nc(-c3ccc(-n4c5ccccc5c5ccc6sc7ccccc7c6c54)cc3)nc(-c3ccccc3)c21. The van der Waals surface area contributed by atoms with Gasteiger partial charge in [0.2, 0.25) is 0 Å². The summed E-state index contributed by atoms with van der Waals surface area (Å²) in [5.74, 6) is 0.768. The van der Waals surface area contributed by atoms with Gasteiger partial charge in [-0.1, -0.05) is 110 Å². The molecule has 1 aliphatic rings. The molecule has 1 aliphatic heterocycles. The number of rotatable bonds is 3. The van der Waals surface area contributed by atoms with E-state index in [0.29, 0.717) is 0 Å². The molecular weight excluding hydrogens is 607 g/mol. The predicted octanol–water partition coefficient (Wildman–Crippen LogP) is 10.1. The van der Waals surface area contributed by atoms with Gasteiger partial charge in [0, 0.05) is 47.8 Å². The lowest BCUT2D eigenvalue weighted by atomic mass is 10.1. The molecule has 0 radical (unpaired) electrons. The molecule has 3 aromatic heterocycles. The molecule has 0 spiro atoms. The van der Waals surface area contributed by atoms with E-state index in [9.17, 15) is 0 Å². The molecular formula is C42H29N3SSi. The summed E-state index contributed by atoms with van der Waals surface area (Å²) in [7, 11) is -1.99. The fourth-order valence-electron chi connectivity index (χ4n) is 7.84. The molecule has 222 valence electrons. The van der Waals surface area contributed by atoms with Crippen molar-refractivity contribution in [2.24, 2.45) is 0 Å². The highest BCUT2D eigenvalue weighted by atomic mass is 32.1. The lowest BCUT2D eigenvalue weighted by molar-refractivity contribution is 1.17. The molecule has 0 aliphatic carbocycles. The number of hydrogen-bond acceptors (Lipinski definition) is 3. The topological polar surface area (TPSA) is 30.7 Å². The molecule has 0 amide bonds. The molecule has 0 saturated heterocycles. The van der Waals surface area contributed by atoms with Crippen LogP contribution in [0, 0.1) is 0 Å². The van der Waals surface area contributed by atoms with Crippen LogP contribution in [0.4, 0.5) is 0 Å². The second kappa shape index (κ2) is 9.82. The lowest BCUT2D eigenvalue weighted by Gasteiger charge is -2.21. The summed E-state index contributed by atoms with van der Waals surface area (Å²) >= 11 is 1.87. The van der Waals surface area contributed by atoms with Gasteiger partial charge in [-0.2, -0.15) is 0 Å². The molecule has 0 unspecified atom stereocenters. The van der Waals surface area contributed by atoms with Crippen molar-refractivity contribution in [1.29, 1.82) is 0 Å². The molecule has 0 N–H and O–H groups in total. The third-order valence-corrected chi connectivity index (χ3v) is 14.6. The normalized spacial score (nSPS) is 13.5. The van der Waals surface area contributed by atoms with Crippen molar-refractivity contribution in [3.8, 4) is 39.6 Å². The van der Waals surface area contributed by atoms with Gasteiger partial charge in [-0.25, -0.2) is 9.97 Å². The lowest BCUT2D eigenvalue weighted by Crippen LogP contribution is -2.50. The summed E-state index contributed by atoms with van der Waals surface area (Å²) in [4.78, 5) is 10.7. The Morgan fingerprint density at radius 2 is 1.26 bits per heavy atom. The summed E-state index contributed by atoms with van der Waals surface area (Å²) in [6.45, 7) is 4.86. The number of nitrogens with zero attached hydrogens (tertiary/aromatic N) is 3. The van der Waals surface area contributed by atoms with Crippen molar-refractivity contribution in [3.63, 3.8) is 0 Å². The second-order valence-electron chi connectivity index (χ2n) is 13.0. The first-order valence-electron chi connectivity index (χ1n) is 16.1. The average molecular weight is 636 g/mol. The highest BCUT2D eigenvalue weighted by Gasteiger charge is 2.41. The van der Waals surface area contributed by atoms with Crippen LogP contribution in [-0.4, -0.2) is 22.6 Å². The molecule has 0 fully saturated rings. The van der Waals surface area contributed by atoms with Crippen LogP contribution in [-0.2, 0) is 0 Å². The first-order valence-corrected chi connectivity index (χ1v) is 19.9. The van der Waals surface area contributed by atoms with Crippen LogP contribution in [0.15, 0.2) is 140 Å². The number of para-hydroxylation sites is 1. The molecule has 4 heterocycles. The van der Waals surface area contributed by atoms with E-state index in [1.807, 2.05) is 11.3 Å². The molecule has 0 saturated carbocycles. The van der Waals surface area contributed by atoms with Crippen LogP contribution >= 0.6 is 11.3 Å². The van der Waals surface area contributed by atoms with Gasteiger partial charge in [0.05, 0.1) is 22.4 Å². The van der Waals surface area contributed by atoms with Gasteiger partial charge in [-0.3, -0.25) is 0 Å². The summed E-state index contributed by atoms with van der Waals surface area (Å²) in [5.41, 5.74) is 9.19. The van der Waals surface area contributed by atoms with Gasteiger partial charge in [0.15, 0.2) is 5.82 Å². The predicted molar refractivity (Wildman–Crippen MR) is 202 cm³/mol. The number of benzene rings is 6. The van der Waals surface area contributed by atoms with Gasteiger partial charge >= 0.3 is 0 Å². The van der Waals surface area contributed by atoms with Gasteiger partial charge in [-0.15, -0.1) is 11.3 Å². The molecule has 6 aromatic carbocycles. The summed E-state index contributed by atoms with van der Waals surface area (Å²) in [6.07, 6.45) is 0. The van der Waals surface area contributed by atoms with Gasteiger partial charge in [-0.05, 0) is 58.4 Å². The van der Waals surface area contributed by atoms with Gasteiger partial charge in [0.25, 0.3) is 0 Å². The smallest absolute Gasteiger partial charge is 0.160 e. The molecule has 3 nitrogen and oxygen atoms in total. The van der Waals surface area contributed by atoms with E-state index in [1.54, 1.807) is 0 Å². The van der Waals surface area contributed by atoms with Crippen LogP contribution < -0.4 is 10.4 Å². The number of thiophene rings is 1. The Morgan fingerprint density at radius 1 is 0.553 bits per heavy atom. The first kappa shape index (κ1) is 26.8. The molecule has 5 heteroatoms. The van der Waals surface area contributed by atoms with E-state index in [2.05, 4.69) is 157 Å². The van der Waals surface area contributed by atoms with Crippen LogP contribution in [0.3, 0.4) is 0 Å². The van der Waals surface area contributed by atoms with Crippen LogP contribution in [0.5, 0.6) is 0 Å². The monoisotopic (exact) mass is 635 g/mol. The maximum atomic E-state index is 5.34. The molecule has 9 aromatic rings. The zero-order chi connectivity index (χ0) is 31.3. The van der Waals surface area contributed by atoms with Crippen molar-refractivity contribution in [3.05, 3.63) is 140 Å². The third kappa shape index (κ3) is 3.78. The molecule has 0 atom stereocenters. The average Bonchev–Trinajstić information content (AvgIpc) is 3.74.